The SMILES string of the molecule is CCn1nc(C)cc1CS(=O)c1ccc(Br)c(C(=O)O)c1. The first-order chi connectivity index (χ1) is 9.92. The summed E-state index contributed by atoms with van der Waals surface area (Å²) in [4.78, 5) is 11.6. The molecule has 0 radical (unpaired) electrons. The van der Waals surface area contributed by atoms with Crippen molar-refractivity contribution >= 4 is 32.7 Å². The molecule has 7 heteroatoms. The van der Waals surface area contributed by atoms with Crippen molar-refractivity contribution < 1.29 is 14.1 Å². The third-order valence-corrected chi connectivity index (χ3v) is 5.02. The van der Waals surface area contributed by atoms with Crippen LogP contribution in [0.5, 0.6) is 0 Å². The predicted octanol–water partition coefficient (Wildman–Crippen LogP) is 2.98. The van der Waals surface area contributed by atoms with Gasteiger partial charge in [0.25, 0.3) is 0 Å². The van der Waals surface area contributed by atoms with E-state index in [0.29, 0.717) is 21.7 Å². The fourth-order valence-corrected chi connectivity index (χ4v) is 3.57. The summed E-state index contributed by atoms with van der Waals surface area (Å²) in [6.45, 7) is 4.57. The van der Waals surface area contributed by atoms with E-state index in [0.717, 1.165) is 11.4 Å². The Bertz CT molecular complexity index is 712. The van der Waals surface area contributed by atoms with Crippen molar-refractivity contribution in [3.05, 3.63) is 45.7 Å². The van der Waals surface area contributed by atoms with Gasteiger partial charge in [-0.15, -0.1) is 0 Å². The van der Waals surface area contributed by atoms with Crippen molar-refractivity contribution in [2.45, 2.75) is 31.0 Å². The van der Waals surface area contributed by atoms with Crippen LogP contribution < -0.4 is 0 Å². The molecule has 1 atom stereocenters. The standard InChI is InChI=1S/C14H15BrN2O3S/c1-3-17-10(6-9(2)16-17)8-21(20)11-4-5-13(15)12(7-11)14(18)19/h4-7H,3,8H2,1-2H3,(H,18,19). The maximum absolute atomic E-state index is 12.4. The van der Waals surface area contributed by atoms with Crippen molar-refractivity contribution in [1.29, 1.82) is 0 Å². The van der Waals surface area contributed by atoms with E-state index < -0.39 is 16.8 Å². The molecule has 0 aliphatic rings. The third kappa shape index (κ3) is 3.59. The van der Waals surface area contributed by atoms with Gasteiger partial charge >= 0.3 is 5.97 Å². The van der Waals surface area contributed by atoms with Crippen LogP contribution in [-0.4, -0.2) is 25.1 Å². The number of carboxylic acid groups (broad SMARTS) is 1. The lowest BCUT2D eigenvalue weighted by molar-refractivity contribution is 0.0695. The molecule has 0 aliphatic carbocycles. The van der Waals surface area contributed by atoms with Crippen LogP contribution >= 0.6 is 15.9 Å². The number of benzene rings is 1. The van der Waals surface area contributed by atoms with Gasteiger partial charge in [0, 0.05) is 15.9 Å². The van der Waals surface area contributed by atoms with Crippen LogP contribution in [0.3, 0.4) is 0 Å². The van der Waals surface area contributed by atoms with Crippen LogP contribution in [0.1, 0.15) is 28.7 Å². The first-order valence-corrected chi connectivity index (χ1v) is 8.48. The topological polar surface area (TPSA) is 72.2 Å². The Balaban J connectivity index is 2.28. The molecule has 1 aromatic heterocycles. The Labute approximate surface area is 133 Å². The molecule has 0 saturated heterocycles. The van der Waals surface area contributed by atoms with E-state index in [2.05, 4.69) is 21.0 Å². The van der Waals surface area contributed by atoms with Gasteiger partial charge in [-0.1, -0.05) is 0 Å². The average molecular weight is 371 g/mol. The van der Waals surface area contributed by atoms with E-state index in [4.69, 9.17) is 5.11 Å². The molecule has 0 fully saturated rings. The molecule has 1 N–H and O–H groups in total. The van der Waals surface area contributed by atoms with Crippen molar-refractivity contribution in [2.75, 3.05) is 0 Å². The number of aromatic nitrogens is 2. The highest BCUT2D eigenvalue weighted by atomic mass is 79.9. The summed E-state index contributed by atoms with van der Waals surface area (Å²) in [7, 11) is -1.31. The molecule has 1 heterocycles. The van der Waals surface area contributed by atoms with Gasteiger partial charge in [-0.05, 0) is 54.0 Å². The summed E-state index contributed by atoms with van der Waals surface area (Å²) in [5.41, 5.74) is 1.88. The molecule has 2 rings (SSSR count). The summed E-state index contributed by atoms with van der Waals surface area (Å²) in [5, 5.41) is 13.4. The monoisotopic (exact) mass is 370 g/mol. The lowest BCUT2D eigenvalue weighted by atomic mass is 10.2. The quantitative estimate of drug-likeness (QED) is 0.877. The fraction of sp³-hybridized carbons (Fsp3) is 0.286. The Morgan fingerprint density at radius 3 is 2.76 bits per heavy atom. The van der Waals surface area contributed by atoms with Gasteiger partial charge in [-0.3, -0.25) is 8.89 Å². The molecule has 0 saturated carbocycles. The second-order valence-corrected chi connectivity index (χ2v) is 6.83. The molecule has 0 amide bonds. The summed E-state index contributed by atoms with van der Waals surface area (Å²) in [6.07, 6.45) is 0. The molecule has 1 aromatic carbocycles. The van der Waals surface area contributed by atoms with Gasteiger partial charge in [-0.2, -0.15) is 5.10 Å². The van der Waals surface area contributed by atoms with Crippen molar-refractivity contribution in [3.8, 4) is 0 Å². The summed E-state index contributed by atoms with van der Waals surface area (Å²) in [5.74, 6) is -0.731. The Morgan fingerprint density at radius 1 is 1.43 bits per heavy atom. The molecule has 5 nitrogen and oxygen atoms in total. The summed E-state index contributed by atoms with van der Waals surface area (Å²) in [6, 6.07) is 6.63. The first kappa shape index (κ1) is 15.9. The number of carboxylic acids is 1. The molecule has 1 unspecified atom stereocenters. The molecular formula is C14H15BrN2O3S. The highest BCUT2D eigenvalue weighted by molar-refractivity contribution is 9.10. The Kier molecular flexibility index (Phi) is 4.95. The maximum atomic E-state index is 12.4. The molecular weight excluding hydrogens is 356 g/mol. The average Bonchev–Trinajstić information content (AvgIpc) is 2.78. The van der Waals surface area contributed by atoms with E-state index in [-0.39, 0.29) is 5.56 Å². The number of rotatable bonds is 5. The lowest BCUT2D eigenvalue weighted by Gasteiger charge is -2.07. The van der Waals surface area contributed by atoms with Crippen LogP contribution in [0.25, 0.3) is 0 Å². The van der Waals surface area contributed by atoms with Gasteiger partial charge in [0.2, 0.25) is 0 Å². The van der Waals surface area contributed by atoms with Gasteiger partial charge in [0.15, 0.2) is 0 Å². The Hall–Kier alpha value is -1.47. The van der Waals surface area contributed by atoms with E-state index >= 15 is 0 Å². The van der Waals surface area contributed by atoms with Crippen LogP contribution in [0.15, 0.2) is 33.6 Å². The largest absolute Gasteiger partial charge is 0.478 e. The Morgan fingerprint density at radius 2 is 2.14 bits per heavy atom. The third-order valence-electron chi connectivity index (χ3n) is 3.00. The zero-order valence-corrected chi connectivity index (χ0v) is 14.1. The van der Waals surface area contributed by atoms with Crippen LogP contribution in [0.4, 0.5) is 0 Å². The number of aromatic carboxylic acids is 1. The van der Waals surface area contributed by atoms with E-state index in [1.807, 2.05) is 24.6 Å². The predicted molar refractivity (Wildman–Crippen MR) is 83.9 cm³/mol. The van der Waals surface area contributed by atoms with Gasteiger partial charge < -0.3 is 5.11 Å². The zero-order chi connectivity index (χ0) is 15.6. The van der Waals surface area contributed by atoms with Gasteiger partial charge in [0.05, 0.1) is 33.5 Å². The number of hydrogen-bond acceptors (Lipinski definition) is 3. The normalized spacial score (nSPS) is 12.3. The molecule has 112 valence electrons. The summed E-state index contributed by atoms with van der Waals surface area (Å²) >= 11 is 3.18. The van der Waals surface area contributed by atoms with Gasteiger partial charge in [-0.25, -0.2) is 4.79 Å². The number of aryl methyl sites for hydroxylation is 2. The first-order valence-electron chi connectivity index (χ1n) is 6.37. The highest BCUT2D eigenvalue weighted by Crippen LogP contribution is 2.22. The van der Waals surface area contributed by atoms with Crippen molar-refractivity contribution in [3.63, 3.8) is 0 Å². The molecule has 2 aromatic rings. The van der Waals surface area contributed by atoms with Crippen molar-refractivity contribution in [2.24, 2.45) is 0 Å². The molecule has 21 heavy (non-hydrogen) atoms. The molecule has 0 spiro atoms. The number of nitrogens with zero attached hydrogens (tertiary/aromatic N) is 2. The van der Waals surface area contributed by atoms with E-state index in [1.54, 1.807) is 12.1 Å². The smallest absolute Gasteiger partial charge is 0.336 e. The summed E-state index contributed by atoms with van der Waals surface area (Å²) < 4.78 is 14.7. The second-order valence-electron chi connectivity index (χ2n) is 4.53. The molecule has 0 aliphatic heterocycles. The molecule has 0 bridgehead atoms. The minimum atomic E-state index is -1.31. The van der Waals surface area contributed by atoms with Crippen LogP contribution in [0.2, 0.25) is 0 Å². The zero-order valence-electron chi connectivity index (χ0n) is 11.7. The maximum Gasteiger partial charge on any atom is 0.336 e. The van der Waals surface area contributed by atoms with Crippen LogP contribution in [-0.2, 0) is 23.1 Å². The van der Waals surface area contributed by atoms with Crippen molar-refractivity contribution in [1.82, 2.24) is 9.78 Å². The lowest BCUT2D eigenvalue weighted by Crippen LogP contribution is -2.07. The highest BCUT2D eigenvalue weighted by Gasteiger charge is 2.14. The van der Waals surface area contributed by atoms with Gasteiger partial charge in [0.1, 0.15) is 0 Å². The second kappa shape index (κ2) is 6.53. The minimum Gasteiger partial charge on any atom is -0.478 e. The fourth-order valence-electron chi connectivity index (χ4n) is 2.02. The van der Waals surface area contributed by atoms with E-state index in [1.165, 1.54) is 6.07 Å². The minimum absolute atomic E-state index is 0.112. The van der Waals surface area contributed by atoms with E-state index in [9.17, 15) is 9.00 Å². The number of carbonyl (C=O) groups is 1. The number of hydrogen-bond donors (Lipinski definition) is 1. The van der Waals surface area contributed by atoms with Crippen LogP contribution in [0, 0.1) is 6.92 Å². The number of halogens is 1.